The summed E-state index contributed by atoms with van der Waals surface area (Å²) in [5, 5.41) is 12.2. The number of nitrogens with one attached hydrogen (secondary N) is 1. The Kier molecular flexibility index (Phi) is 3.81. The van der Waals surface area contributed by atoms with Gasteiger partial charge in [0.25, 0.3) is 5.91 Å². The summed E-state index contributed by atoms with van der Waals surface area (Å²) in [7, 11) is 0. The monoisotopic (exact) mass is 274 g/mol. The summed E-state index contributed by atoms with van der Waals surface area (Å²) in [6, 6.07) is 0. The summed E-state index contributed by atoms with van der Waals surface area (Å²) in [5.41, 5.74) is 2.74. The van der Waals surface area contributed by atoms with Crippen LogP contribution in [0.1, 0.15) is 15.5 Å². The van der Waals surface area contributed by atoms with Crippen molar-refractivity contribution in [3.8, 4) is 0 Å². The summed E-state index contributed by atoms with van der Waals surface area (Å²) in [6.45, 7) is 0.528. The first-order chi connectivity index (χ1) is 7.75. The number of amides is 1. The van der Waals surface area contributed by atoms with Gasteiger partial charge in [0.05, 0.1) is 11.2 Å². The van der Waals surface area contributed by atoms with Crippen molar-refractivity contribution in [2.24, 2.45) is 0 Å². The van der Waals surface area contributed by atoms with Crippen LogP contribution in [0.3, 0.4) is 0 Å². The van der Waals surface area contributed by atoms with Crippen LogP contribution in [0.2, 0.25) is 4.47 Å². The molecule has 0 fully saturated rings. The zero-order chi connectivity index (χ0) is 11.4. The maximum Gasteiger partial charge on any atom is 0.282 e. The molecule has 0 aliphatic rings. The highest BCUT2D eigenvalue weighted by molar-refractivity contribution is 7.17. The van der Waals surface area contributed by atoms with E-state index in [-0.39, 0.29) is 15.4 Å². The molecule has 5 nitrogen and oxygen atoms in total. The molecule has 0 saturated carbocycles. The second-order valence-electron chi connectivity index (χ2n) is 2.85. The summed E-state index contributed by atoms with van der Waals surface area (Å²) in [4.78, 5) is 15.6. The Morgan fingerprint density at radius 3 is 3.00 bits per heavy atom. The lowest BCUT2D eigenvalue weighted by molar-refractivity contribution is 0.0953. The molecule has 0 aromatic carbocycles. The van der Waals surface area contributed by atoms with Gasteiger partial charge in [-0.3, -0.25) is 4.79 Å². The third kappa shape index (κ3) is 2.97. The summed E-state index contributed by atoms with van der Waals surface area (Å²) in [6.07, 6.45) is 0.710. The fourth-order valence-corrected chi connectivity index (χ4v) is 2.38. The lowest BCUT2D eigenvalue weighted by Crippen LogP contribution is -2.25. The minimum Gasteiger partial charge on any atom is -0.350 e. The minimum atomic E-state index is -0.250. The fourth-order valence-electron chi connectivity index (χ4n) is 1.04. The average Bonchev–Trinajstić information content (AvgIpc) is 2.89. The maximum atomic E-state index is 11.5. The van der Waals surface area contributed by atoms with Gasteiger partial charge in [0.15, 0.2) is 0 Å². The minimum absolute atomic E-state index is 0.250. The predicted octanol–water partition coefficient (Wildman–Crippen LogP) is 1.62. The molecular weight excluding hydrogens is 268 g/mol. The quantitative estimate of drug-likeness (QED) is 0.920. The highest BCUT2D eigenvalue weighted by Crippen LogP contribution is 2.14. The fraction of sp³-hybridized carbons (Fsp3) is 0.250. The smallest absolute Gasteiger partial charge is 0.282 e. The highest BCUT2D eigenvalue weighted by Gasteiger charge is 2.10. The molecule has 84 valence electrons. The van der Waals surface area contributed by atoms with E-state index in [0.29, 0.717) is 13.0 Å². The molecule has 0 bridgehead atoms. The normalized spacial score (nSPS) is 10.3. The van der Waals surface area contributed by atoms with Gasteiger partial charge in [-0.1, -0.05) is 11.3 Å². The summed E-state index contributed by atoms with van der Waals surface area (Å²) < 4.78 is 0.268. The molecule has 2 aromatic rings. The SMILES string of the molecule is O=C(NCCc1cscn1)c1nnc(Cl)s1. The maximum absolute atomic E-state index is 11.5. The summed E-state index contributed by atoms with van der Waals surface area (Å²) >= 11 is 8.17. The van der Waals surface area contributed by atoms with E-state index in [0.717, 1.165) is 17.0 Å². The topological polar surface area (TPSA) is 67.8 Å². The van der Waals surface area contributed by atoms with Gasteiger partial charge < -0.3 is 5.32 Å². The van der Waals surface area contributed by atoms with Gasteiger partial charge in [0.1, 0.15) is 0 Å². The van der Waals surface area contributed by atoms with Crippen LogP contribution in [0.15, 0.2) is 10.9 Å². The Bertz CT molecular complexity index is 470. The second-order valence-corrected chi connectivity index (χ2v) is 5.12. The number of carbonyl (C=O) groups is 1. The van der Waals surface area contributed by atoms with E-state index < -0.39 is 0 Å². The molecule has 2 heterocycles. The molecule has 0 radical (unpaired) electrons. The lowest BCUT2D eigenvalue weighted by Gasteiger charge is -1.99. The Morgan fingerprint density at radius 2 is 2.38 bits per heavy atom. The van der Waals surface area contributed by atoms with Crippen LogP contribution in [0.5, 0.6) is 0 Å². The number of halogens is 1. The number of carbonyl (C=O) groups excluding carboxylic acids is 1. The van der Waals surface area contributed by atoms with Crippen molar-refractivity contribution in [2.75, 3.05) is 6.54 Å². The standard InChI is InChI=1S/C8H7ClN4OS2/c9-8-13-12-7(16-8)6(14)10-2-1-5-3-15-4-11-5/h3-4H,1-2H2,(H,10,14). The van der Waals surface area contributed by atoms with Gasteiger partial charge in [-0.25, -0.2) is 4.98 Å². The Morgan fingerprint density at radius 1 is 1.50 bits per heavy atom. The molecule has 0 saturated heterocycles. The number of rotatable bonds is 4. The molecule has 0 aliphatic heterocycles. The van der Waals surface area contributed by atoms with Crippen LogP contribution in [0.25, 0.3) is 0 Å². The molecule has 2 aromatic heterocycles. The predicted molar refractivity (Wildman–Crippen MR) is 63.1 cm³/mol. The molecule has 1 amide bonds. The zero-order valence-electron chi connectivity index (χ0n) is 8.01. The number of aromatic nitrogens is 3. The first kappa shape index (κ1) is 11.4. The molecule has 1 N–H and O–H groups in total. The zero-order valence-corrected chi connectivity index (χ0v) is 10.4. The van der Waals surface area contributed by atoms with Crippen molar-refractivity contribution in [2.45, 2.75) is 6.42 Å². The van der Waals surface area contributed by atoms with Gasteiger partial charge in [-0.05, 0) is 11.6 Å². The van der Waals surface area contributed by atoms with Crippen LogP contribution < -0.4 is 5.32 Å². The van der Waals surface area contributed by atoms with Crippen molar-refractivity contribution in [1.29, 1.82) is 0 Å². The van der Waals surface area contributed by atoms with Crippen LogP contribution in [0.4, 0.5) is 0 Å². The number of thiazole rings is 1. The van der Waals surface area contributed by atoms with E-state index in [1.807, 2.05) is 5.38 Å². The lowest BCUT2D eigenvalue weighted by atomic mass is 10.3. The summed E-state index contributed by atoms with van der Waals surface area (Å²) in [5.74, 6) is -0.250. The van der Waals surface area contributed by atoms with Gasteiger partial charge >= 0.3 is 0 Å². The van der Waals surface area contributed by atoms with E-state index in [1.165, 1.54) is 11.3 Å². The third-order valence-electron chi connectivity index (χ3n) is 1.74. The largest absolute Gasteiger partial charge is 0.350 e. The van der Waals surface area contributed by atoms with Gasteiger partial charge in [-0.15, -0.1) is 21.5 Å². The molecule has 16 heavy (non-hydrogen) atoms. The highest BCUT2D eigenvalue weighted by atomic mass is 35.5. The van der Waals surface area contributed by atoms with Crippen molar-refractivity contribution < 1.29 is 4.79 Å². The molecule has 8 heteroatoms. The molecular formula is C8H7ClN4OS2. The third-order valence-corrected chi connectivity index (χ3v) is 3.40. The van der Waals surface area contributed by atoms with Gasteiger partial charge in [0.2, 0.25) is 9.47 Å². The van der Waals surface area contributed by atoms with Crippen LogP contribution in [-0.4, -0.2) is 27.6 Å². The van der Waals surface area contributed by atoms with E-state index in [4.69, 9.17) is 11.6 Å². The molecule has 2 rings (SSSR count). The van der Waals surface area contributed by atoms with E-state index in [1.54, 1.807) is 5.51 Å². The van der Waals surface area contributed by atoms with E-state index >= 15 is 0 Å². The van der Waals surface area contributed by atoms with Crippen LogP contribution in [0, 0.1) is 0 Å². The van der Waals surface area contributed by atoms with Crippen molar-refractivity contribution >= 4 is 40.2 Å². The second kappa shape index (κ2) is 5.33. The van der Waals surface area contributed by atoms with Crippen molar-refractivity contribution in [1.82, 2.24) is 20.5 Å². The van der Waals surface area contributed by atoms with Crippen molar-refractivity contribution in [3.05, 3.63) is 26.1 Å². The number of nitrogens with zero attached hydrogens (tertiary/aromatic N) is 3. The molecule has 0 unspecified atom stereocenters. The first-order valence-electron chi connectivity index (χ1n) is 4.40. The number of hydrogen-bond acceptors (Lipinski definition) is 6. The van der Waals surface area contributed by atoms with Gasteiger partial charge in [-0.2, -0.15) is 0 Å². The van der Waals surface area contributed by atoms with E-state index in [9.17, 15) is 4.79 Å². The average molecular weight is 275 g/mol. The molecule has 0 aliphatic carbocycles. The van der Waals surface area contributed by atoms with Crippen LogP contribution >= 0.6 is 34.3 Å². The Balaban J connectivity index is 1.80. The van der Waals surface area contributed by atoms with Crippen molar-refractivity contribution in [3.63, 3.8) is 0 Å². The first-order valence-corrected chi connectivity index (χ1v) is 6.53. The number of hydrogen-bond donors (Lipinski definition) is 1. The van der Waals surface area contributed by atoms with E-state index in [2.05, 4.69) is 20.5 Å². The molecule has 0 atom stereocenters. The van der Waals surface area contributed by atoms with Crippen LogP contribution in [-0.2, 0) is 6.42 Å². The van der Waals surface area contributed by atoms with Gasteiger partial charge in [0, 0.05) is 18.3 Å². The molecule has 0 spiro atoms. The Labute approximate surface area is 105 Å². The Hall–Kier alpha value is -1.05.